The predicted octanol–water partition coefficient (Wildman–Crippen LogP) is 2.15. The number of carbonyl (C=O) groups excluding carboxylic acids is 2. The average Bonchev–Trinajstić information content (AvgIpc) is 3.20. The molecular formula is C23H28N8O2. The quantitative estimate of drug-likeness (QED) is 0.526. The molecule has 1 fully saturated rings. The molecule has 4 N–H and O–H groups in total. The summed E-state index contributed by atoms with van der Waals surface area (Å²) < 4.78 is 1.64. The maximum absolute atomic E-state index is 12.8. The van der Waals surface area contributed by atoms with Crippen LogP contribution in [0.2, 0.25) is 0 Å². The highest BCUT2D eigenvalue weighted by molar-refractivity contribution is 5.96. The van der Waals surface area contributed by atoms with Crippen LogP contribution >= 0.6 is 0 Å². The zero-order chi connectivity index (χ0) is 23.5. The topological polar surface area (TPSA) is 131 Å². The van der Waals surface area contributed by atoms with Crippen LogP contribution in [0.4, 0.5) is 17.3 Å². The van der Waals surface area contributed by atoms with Crippen LogP contribution in [0.25, 0.3) is 0 Å². The van der Waals surface area contributed by atoms with Crippen molar-refractivity contribution in [1.29, 1.82) is 0 Å². The number of nitrogens with one attached hydrogen (secondary N) is 2. The maximum Gasteiger partial charge on any atom is 0.271 e. The van der Waals surface area contributed by atoms with Crippen molar-refractivity contribution in [3.63, 3.8) is 0 Å². The number of hydrogen-bond acceptors (Lipinski definition) is 7. The SMILES string of the molecule is Cc1ccc(C(=O)N[C@@H]2CCCN(c3cnc(C(N)=O)c(Nc4cnn(C)c4)n3)[C@@H]2C)cc1. The molecule has 10 nitrogen and oxygen atoms in total. The van der Waals surface area contributed by atoms with Crippen molar-refractivity contribution >= 4 is 29.1 Å². The van der Waals surface area contributed by atoms with Gasteiger partial charge in [-0.25, -0.2) is 9.97 Å². The van der Waals surface area contributed by atoms with Crippen molar-refractivity contribution in [3.8, 4) is 0 Å². The van der Waals surface area contributed by atoms with Crippen LogP contribution < -0.4 is 21.3 Å². The van der Waals surface area contributed by atoms with Gasteiger partial charge >= 0.3 is 0 Å². The number of anilines is 3. The summed E-state index contributed by atoms with van der Waals surface area (Å²) >= 11 is 0. The number of nitrogens with two attached hydrogens (primary N) is 1. The van der Waals surface area contributed by atoms with Gasteiger partial charge in [0.2, 0.25) is 0 Å². The van der Waals surface area contributed by atoms with Gasteiger partial charge in [-0.1, -0.05) is 17.7 Å². The lowest BCUT2D eigenvalue weighted by Gasteiger charge is -2.40. The first-order chi connectivity index (χ1) is 15.8. The molecular weight excluding hydrogens is 420 g/mol. The van der Waals surface area contributed by atoms with Crippen LogP contribution in [-0.2, 0) is 7.05 Å². The molecule has 10 heteroatoms. The van der Waals surface area contributed by atoms with E-state index in [1.54, 1.807) is 30.3 Å². The largest absolute Gasteiger partial charge is 0.364 e. The third-order valence-electron chi connectivity index (χ3n) is 5.87. The Hall–Kier alpha value is -3.95. The molecule has 2 aromatic heterocycles. The number of carbonyl (C=O) groups is 2. The van der Waals surface area contributed by atoms with E-state index >= 15 is 0 Å². The average molecular weight is 449 g/mol. The number of benzene rings is 1. The Kier molecular flexibility index (Phi) is 6.25. The third-order valence-corrected chi connectivity index (χ3v) is 5.87. The molecule has 0 bridgehead atoms. The molecule has 3 aromatic rings. The zero-order valence-corrected chi connectivity index (χ0v) is 18.9. The van der Waals surface area contributed by atoms with Gasteiger partial charge in [0.05, 0.1) is 18.1 Å². The first kappa shape index (κ1) is 22.3. The van der Waals surface area contributed by atoms with E-state index in [2.05, 4.69) is 37.5 Å². The maximum atomic E-state index is 12.8. The highest BCUT2D eigenvalue weighted by Gasteiger charge is 2.31. The number of hydrogen-bond donors (Lipinski definition) is 3. The van der Waals surface area contributed by atoms with Crippen molar-refractivity contribution in [2.75, 3.05) is 16.8 Å². The van der Waals surface area contributed by atoms with Gasteiger partial charge in [0.25, 0.3) is 11.8 Å². The van der Waals surface area contributed by atoms with Crippen molar-refractivity contribution in [2.45, 2.75) is 38.8 Å². The van der Waals surface area contributed by atoms with Crippen LogP contribution in [0.5, 0.6) is 0 Å². The van der Waals surface area contributed by atoms with Crippen LogP contribution in [0.1, 0.15) is 46.2 Å². The number of piperidine rings is 1. The van der Waals surface area contributed by atoms with E-state index in [0.29, 0.717) is 17.1 Å². The molecule has 3 heterocycles. The summed E-state index contributed by atoms with van der Waals surface area (Å²) in [5.41, 5.74) is 7.97. The minimum Gasteiger partial charge on any atom is -0.364 e. The summed E-state index contributed by atoms with van der Waals surface area (Å²) in [4.78, 5) is 35.7. The van der Waals surface area contributed by atoms with E-state index in [-0.39, 0.29) is 29.5 Å². The molecule has 1 aromatic carbocycles. The lowest BCUT2D eigenvalue weighted by Crippen LogP contribution is -2.54. The van der Waals surface area contributed by atoms with Crippen molar-refractivity contribution in [3.05, 3.63) is 59.7 Å². The molecule has 1 saturated heterocycles. The molecule has 1 aliphatic rings. The Morgan fingerprint density at radius 2 is 1.94 bits per heavy atom. The van der Waals surface area contributed by atoms with E-state index in [1.807, 2.05) is 31.2 Å². The van der Waals surface area contributed by atoms with Crippen LogP contribution in [0, 0.1) is 6.92 Å². The van der Waals surface area contributed by atoms with Crippen molar-refractivity contribution in [2.24, 2.45) is 12.8 Å². The third kappa shape index (κ3) is 4.94. The number of amides is 2. The summed E-state index contributed by atoms with van der Waals surface area (Å²) in [5.74, 6) is 0.109. The highest BCUT2D eigenvalue weighted by Crippen LogP contribution is 2.26. The van der Waals surface area contributed by atoms with Gasteiger partial charge in [0.15, 0.2) is 11.5 Å². The lowest BCUT2D eigenvalue weighted by atomic mass is 9.97. The van der Waals surface area contributed by atoms with Crippen molar-refractivity contribution in [1.82, 2.24) is 25.1 Å². The smallest absolute Gasteiger partial charge is 0.271 e. The molecule has 0 radical (unpaired) electrons. The standard InChI is InChI=1S/C23H28N8O2/c1-14-6-8-16(9-7-14)23(33)28-18-5-4-10-31(15(18)2)19-12-25-20(21(24)32)22(29-19)27-17-11-26-30(3)13-17/h6-9,11-13,15,18H,4-5,10H2,1-3H3,(H2,24,32)(H,27,29)(H,28,33)/t15-,18-/m1/s1. The minimum atomic E-state index is -0.671. The van der Waals surface area contributed by atoms with Crippen molar-refractivity contribution < 1.29 is 9.59 Å². The molecule has 0 unspecified atom stereocenters. The normalized spacial score (nSPS) is 18.1. The Bertz CT molecular complexity index is 1160. The Labute approximate surface area is 192 Å². The number of aryl methyl sites for hydroxylation is 2. The first-order valence-corrected chi connectivity index (χ1v) is 10.9. The van der Waals surface area contributed by atoms with Crippen LogP contribution in [0.15, 0.2) is 42.9 Å². The van der Waals surface area contributed by atoms with Gasteiger partial charge in [0, 0.05) is 37.4 Å². The molecule has 2 atom stereocenters. The molecule has 33 heavy (non-hydrogen) atoms. The molecule has 4 rings (SSSR count). The molecule has 1 aliphatic heterocycles. The fourth-order valence-corrected chi connectivity index (χ4v) is 4.02. The summed E-state index contributed by atoms with van der Waals surface area (Å²) in [6.45, 7) is 4.80. The van der Waals surface area contributed by atoms with E-state index in [4.69, 9.17) is 5.73 Å². The number of rotatable bonds is 6. The fourth-order valence-electron chi connectivity index (χ4n) is 4.02. The summed E-state index contributed by atoms with van der Waals surface area (Å²) in [6.07, 6.45) is 6.68. The molecule has 172 valence electrons. The van der Waals surface area contributed by atoms with E-state index in [0.717, 1.165) is 24.9 Å². The zero-order valence-electron chi connectivity index (χ0n) is 18.9. The van der Waals surface area contributed by atoms with E-state index in [9.17, 15) is 9.59 Å². The van der Waals surface area contributed by atoms with Gasteiger partial charge < -0.3 is 21.3 Å². The van der Waals surface area contributed by atoms with E-state index in [1.165, 1.54) is 0 Å². The first-order valence-electron chi connectivity index (χ1n) is 10.9. The summed E-state index contributed by atoms with van der Waals surface area (Å²) in [5, 5.41) is 10.4. The van der Waals surface area contributed by atoms with Gasteiger partial charge in [-0.3, -0.25) is 14.3 Å². The van der Waals surface area contributed by atoms with Gasteiger partial charge in [-0.05, 0) is 38.8 Å². The minimum absolute atomic E-state index is 0.0203. The summed E-state index contributed by atoms with van der Waals surface area (Å²) in [6, 6.07) is 7.45. The highest BCUT2D eigenvalue weighted by atomic mass is 16.2. The van der Waals surface area contributed by atoms with Gasteiger partial charge in [-0.15, -0.1) is 0 Å². The van der Waals surface area contributed by atoms with Gasteiger partial charge in [0.1, 0.15) is 5.82 Å². The second kappa shape index (κ2) is 9.27. The Morgan fingerprint density at radius 1 is 1.18 bits per heavy atom. The molecule has 0 spiro atoms. The number of aromatic nitrogens is 4. The van der Waals surface area contributed by atoms with Crippen LogP contribution in [-0.4, -0.2) is 50.2 Å². The second-order valence-corrected chi connectivity index (χ2v) is 8.34. The number of primary amides is 1. The second-order valence-electron chi connectivity index (χ2n) is 8.34. The molecule has 2 amide bonds. The molecule has 0 saturated carbocycles. The van der Waals surface area contributed by atoms with Crippen LogP contribution in [0.3, 0.4) is 0 Å². The van der Waals surface area contributed by atoms with Gasteiger partial charge in [-0.2, -0.15) is 5.10 Å². The molecule has 0 aliphatic carbocycles. The van der Waals surface area contributed by atoms with E-state index < -0.39 is 5.91 Å². The Morgan fingerprint density at radius 3 is 2.61 bits per heavy atom. The summed E-state index contributed by atoms with van der Waals surface area (Å²) in [7, 11) is 1.79. The fraction of sp³-hybridized carbons (Fsp3) is 0.348. The monoisotopic (exact) mass is 448 g/mol. The number of nitrogens with zero attached hydrogens (tertiary/aromatic N) is 5. The Balaban J connectivity index is 1.54. The lowest BCUT2D eigenvalue weighted by molar-refractivity contribution is 0.0923. The predicted molar refractivity (Wildman–Crippen MR) is 126 cm³/mol.